The maximum Gasteiger partial charge on any atom is 0.325 e. The predicted octanol–water partition coefficient (Wildman–Crippen LogP) is 4.67. The smallest absolute Gasteiger partial charge is 0.319 e. The van der Waals surface area contributed by atoms with E-state index in [1.165, 1.54) is 18.2 Å². The molecule has 29 heavy (non-hydrogen) atoms. The van der Waals surface area contributed by atoms with Gasteiger partial charge in [0.2, 0.25) is 0 Å². The average molecular weight is 409 g/mol. The summed E-state index contributed by atoms with van der Waals surface area (Å²) in [5.41, 5.74) is 0.415. The van der Waals surface area contributed by atoms with Gasteiger partial charge in [0.25, 0.3) is 5.91 Å². The lowest BCUT2D eigenvalue weighted by atomic mass is 9.83. The fourth-order valence-corrected chi connectivity index (χ4v) is 3.88. The van der Waals surface area contributed by atoms with Gasteiger partial charge in [-0.25, -0.2) is 9.18 Å². The Morgan fingerprint density at radius 3 is 2.21 bits per heavy atom. The Kier molecular flexibility index (Phi) is 5.07. The van der Waals surface area contributed by atoms with Crippen molar-refractivity contribution in [3.8, 4) is 0 Å². The number of hydrogen-bond donors (Lipinski definition) is 1. The molecule has 0 unspecified atom stereocenters. The molecule has 4 nitrogen and oxygen atoms in total. The van der Waals surface area contributed by atoms with E-state index in [1.807, 2.05) is 48.5 Å². The first-order valence-corrected chi connectivity index (χ1v) is 9.55. The highest BCUT2D eigenvalue weighted by atomic mass is 35.5. The van der Waals surface area contributed by atoms with E-state index in [-0.39, 0.29) is 23.6 Å². The molecule has 3 aromatic rings. The minimum Gasteiger partial charge on any atom is -0.319 e. The number of nitrogens with zero attached hydrogens (tertiary/aromatic N) is 1. The molecule has 0 aliphatic carbocycles. The summed E-state index contributed by atoms with van der Waals surface area (Å²) < 4.78 is 14.3. The largest absolute Gasteiger partial charge is 0.325 e. The molecule has 1 saturated heterocycles. The third-order valence-corrected chi connectivity index (χ3v) is 5.49. The van der Waals surface area contributed by atoms with Gasteiger partial charge in [-0.1, -0.05) is 78.3 Å². The molecule has 146 valence electrons. The number of amides is 3. The van der Waals surface area contributed by atoms with E-state index in [1.54, 1.807) is 12.1 Å². The molecule has 1 N–H and O–H groups in total. The number of hydrogen-bond acceptors (Lipinski definition) is 2. The maximum absolute atomic E-state index is 14.3. The average Bonchev–Trinajstić information content (AvgIpc) is 2.97. The van der Waals surface area contributed by atoms with Crippen molar-refractivity contribution >= 4 is 23.5 Å². The summed E-state index contributed by atoms with van der Waals surface area (Å²) in [7, 11) is 0. The van der Waals surface area contributed by atoms with Gasteiger partial charge in [0, 0.05) is 17.0 Å². The van der Waals surface area contributed by atoms with Gasteiger partial charge >= 0.3 is 6.03 Å². The van der Waals surface area contributed by atoms with Crippen LogP contribution in [0.4, 0.5) is 9.18 Å². The quantitative estimate of drug-likeness (QED) is 0.624. The van der Waals surface area contributed by atoms with Gasteiger partial charge in [0.1, 0.15) is 5.82 Å². The van der Waals surface area contributed by atoms with Crippen LogP contribution in [0.25, 0.3) is 0 Å². The van der Waals surface area contributed by atoms with Gasteiger partial charge in [0.15, 0.2) is 5.54 Å². The van der Waals surface area contributed by atoms with Crippen LogP contribution < -0.4 is 5.32 Å². The summed E-state index contributed by atoms with van der Waals surface area (Å²) in [6.07, 6.45) is 0.282. The predicted molar refractivity (Wildman–Crippen MR) is 109 cm³/mol. The summed E-state index contributed by atoms with van der Waals surface area (Å²) in [5.74, 6) is -0.991. The highest BCUT2D eigenvalue weighted by molar-refractivity contribution is 6.31. The van der Waals surface area contributed by atoms with Gasteiger partial charge in [0.05, 0.1) is 6.54 Å². The van der Waals surface area contributed by atoms with Crippen molar-refractivity contribution in [1.82, 2.24) is 10.2 Å². The van der Waals surface area contributed by atoms with Crippen LogP contribution in [0, 0.1) is 5.82 Å². The summed E-state index contributed by atoms with van der Waals surface area (Å²) in [4.78, 5) is 27.4. The topological polar surface area (TPSA) is 49.4 Å². The van der Waals surface area contributed by atoms with E-state index >= 15 is 0 Å². The fraction of sp³-hybridized carbons (Fsp3) is 0.130. The van der Waals surface area contributed by atoms with Gasteiger partial charge < -0.3 is 5.32 Å². The molecule has 1 atom stereocenters. The second-order valence-corrected chi connectivity index (χ2v) is 7.36. The molecule has 0 radical (unpaired) electrons. The second-order valence-electron chi connectivity index (χ2n) is 6.96. The number of halogens is 2. The van der Waals surface area contributed by atoms with Crippen LogP contribution in [0.15, 0.2) is 78.9 Å². The molecule has 0 spiro atoms. The van der Waals surface area contributed by atoms with Crippen LogP contribution >= 0.6 is 11.6 Å². The van der Waals surface area contributed by atoms with Crippen LogP contribution in [-0.4, -0.2) is 16.8 Å². The molecule has 1 heterocycles. The van der Waals surface area contributed by atoms with Gasteiger partial charge in [-0.2, -0.15) is 0 Å². The van der Waals surface area contributed by atoms with Crippen molar-refractivity contribution in [1.29, 1.82) is 0 Å². The third-order valence-electron chi connectivity index (χ3n) is 5.13. The Bertz CT molecular complexity index is 1040. The molecular formula is C23H18ClFN2O2. The van der Waals surface area contributed by atoms with Crippen molar-refractivity contribution in [3.05, 3.63) is 106 Å². The Morgan fingerprint density at radius 1 is 0.897 bits per heavy atom. The highest BCUT2D eigenvalue weighted by Gasteiger charge is 2.52. The molecule has 0 bridgehead atoms. The summed E-state index contributed by atoms with van der Waals surface area (Å²) in [6, 6.07) is 22.3. The lowest BCUT2D eigenvalue weighted by Gasteiger charge is -2.27. The zero-order valence-electron chi connectivity index (χ0n) is 15.4. The Hall–Kier alpha value is -3.18. The first kappa shape index (κ1) is 19.2. The van der Waals surface area contributed by atoms with Crippen LogP contribution in [0.5, 0.6) is 0 Å². The summed E-state index contributed by atoms with van der Waals surface area (Å²) in [6.45, 7) is -0.237. The van der Waals surface area contributed by atoms with Crippen molar-refractivity contribution in [2.75, 3.05) is 0 Å². The maximum atomic E-state index is 14.3. The van der Waals surface area contributed by atoms with Gasteiger partial charge in [-0.15, -0.1) is 0 Å². The van der Waals surface area contributed by atoms with E-state index in [9.17, 15) is 14.0 Å². The first-order valence-electron chi connectivity index (χ1n) is 9.18. The van der Waals surface area contributed by atoms with E-state index in [2.05, 4.69) is 5.32 Å². The van der Waals surface area contributed by atoms with Crippen LogP contribution in [-0.2, 0) is 23.3 Å². The minimum atomic E-state index is -1.27. The van der Waals surface area contributed by atoms with Crippen LogP contribution in [0.2, 0.25) is 5.02 Å². The zero-order chi connectivity index (χ0) is 20.4. The van der Waals surface area contributed by atoms with E-state index in [4.69, 9.17) is 11.6 Å². The third kappa shape index (κ3) is 3.49. The number of imide groups is 1. The van der Waals surface area contributed by atoms with Crippen molar-refractivity contribution < 1.29 is 14.0 Å². The van der Waals surface area contributed by atoms with E-state index in [0.29, 0.717) is 5.56 Å². The van der Waals surface area contributed by atoms with Gasteiger partial charge in [-0.05, 0) is 23.3 Å². The standard InChI is InChI=1S/C23H18ClFN2O2/c24-19-12-7-13-20(25)18(19)15-27-21(28)23(26-22(27)29,17-10-5-2-6-11-17)14-16-8-3-1-4-9-16/h1-13H,14-15H2,(H,26,29)/t23-/m0/s1. The minimum absolute atomic E-state index is 0.112. The highest BCUT2D eigenvalue weighted by Crippen LogP contribution is 2.34. The fourth-order valence-electron chi connectivity index (χ4n) is 3.65. The Balaban J connectivity index is 1.75. The molecule has 1 aliphatic rings. The molecular weight excluding hydrogens is 391 g/mol. The van der Waals surface area contributed by atoms with Gasteiger partial charge in [-0.3, -0.25) is 9.69 Å². The second kappa shape index (κ2) is 7.68. The molecule has 1 aliphatic heterocycles. The lowest BCUT2D eigenvalue weighted by molar-refractivity contribution is -0.132. The molecule has 1 fully saturated rings. The number of carbonyl (C=O) groups is 2. The van der Waals surface area contributed by atoms with Crippen LogP contribution in [0.1, 0.15) is 16.7 Å². The monoisotopic (exact) mass is 408 g/mol. The number of benzene rings is 3. The van der Waals surface area contributed by atoms with Crippen molar-refractivity contribution in [2.24, 2.45) is 0 Å². The summed E-state index contributed by atoms with van der Waals surface area (Å²) in [5, 5.41) is 3.04. The molecule has 3 amide bonds. The van der Waals surface area contributed by atoms with Crippen molar-refractivity contribution in [3.63, 3.8) is 0 Å². The Labute approximate surface area is 172 Å². The Morgan fingerprint density at radius 2 is 1.55 bits per heavy atom. The first-order chi connectivity index (χ1) is 14.0. The zero-order valence-corrected chi connectivity index (χ0v) is 16.2. The van der Waals surface area contributed by atoms with Crippen LogP contribution in [0.3, 0.4) is 0 Å². The molecule has 0 saturated carbocycles. The molecule has 6 heteroatoms. The molecule has 4 rings (SSSR count). The number of carbonyl (C=O) groups excluding carboxylic acids is 2. The number of rotatable bonds is 5. The SMILES string of the molecule is O=C1N[C@@](Cc2ccccc2)(c2ccccc2)C(=O)N1Cc1c(F)cccc1Cl. The summed E-state index contributed by atoms with van der Waals surface area (Å²) >= 11 is 6.11. The number of nitrogens with one attached hydrogen (secondary N) is 1. The molecule has 3 aromatic carbocycles. The van der Waals surface area contributed by atoms with E-state index < -0.39 is 23.3 Å². The number of urea groups is 1. The molecule has 0 aromatic heterocycles. The van der Waals surface area contributed by atoms with Crippen molar-refractivity contribution in [2.45, 2.75) is 18.5 Å². The van der Waals surface area contributed by atoms with E-state index in [0.717, 1.165) is 10.5 Å². The normalized spacial score (nSPS) is 18.8. The lowest BCUT2D eigenvalue weighted by Crippen LogP contribution is -2.46.